The predicted molar refractivity (Wildman–Crippen MR) is 56.0 cm³/mol. The molecule has 0 atom stereocenters. The number of rotatable bonds is 2. The normalized spacial score (nSPS) is 28.2. The van der Waals surface area contributed by atoms with Crippen molar-refractivity contribution in [2.24, 2.45) is 11.8 Å². The Bertz CT molecular complexity index is 258. The monoisotopic (exact) mass is 193 g/mol. The summed E-state index contributed by atoms with van der Waals surface area (Å²) in [5.74, 6) is 3.29. The molecule has 78 valence electrons. The van der Waals surface area contributed by atoms with Gasteiger partial charge in [-0.2, -0.15) is 0 Å². The van der Waals surface area contributed by atoms with Crippen LogP contribution in [0.15, 0.2) is 16.9 Å². The van der Waals surface area contributed by atoms with Gasteiger partial charge >= 0.3 is 0 Å². The minimum absolute atomic E-state index is 0.583. The first-order valence-electron chi connectivity index (χ1n) is 5.66. The van der Waals surface area contributed by atoms with Crippen LogP contribution >= 0.6 is 0 Å². The summed E-state index contributed by atoms with van der Waals surface area (Å²) < 4.78 is 5.36. The van der Waals surface area contributed by atoms with E-state index in [0.717, 1.165) is 17.7 Å². The fourth-order valence-electron chi connectivity index (χ4n) is 2.47. The molecule has 2 heteroatoms. The van der Waals surface area contributed by atoms with E-state index < -0.39 is 0 Å². The Balaban J connectivity index is 1.90. The van der Waals surface area contributed by atoms with E-state index in [1.807, 2.05) is 0 Å². The first-order chi connectivity index (χ1) is 6.77. The van der Waals surface area contributed by atoms with Crippen LogP contribution in [0.2, 0.25) is 0 Å². The topological polar surface area (TPSA) is 26.0 Å². The van der Waals surface area contributed by atoms with Crippen LogP contribution < -0.4 is 0 Å². The first-order valence-corrected chi connectivity index (χ1v) is 5.66. The van der Waals surface area contributed by atoms with Crippen LogP contribution in [0.25, 0.3) is 0 Å². The van der Waals surface area contributed by atoms with Gasteiger partial charge in [-0.15, -0.1) is 0 Å². The lowest BCUT2D eigenvalue weighted by Crippen LogP contribution is -2.17. The van der Waals surface area contributed by atoms with Crippen molar-refractivity contribution in [3.63, 3.8) is 0 Å². The van der Waals surface area contributed by atoms with Crippen LogP contribution in [-0.2, 0) is 0 Å². The Kier molecular flexibility index (Phi) is 2.90. The molecule has 14 heavy (non-hydrogen) atoms. The molecule has 0 unspecified atom stereocenters. The average Bonchev–Trinajstić information content (AvgIpc) is 2.71. The number of hydrogen-bond donors (Lipinski definition) is 0. The van der Waals surface area contributed by atoms with E-state index >= 15 is 0 Å². The second-order valence-electron chi connectivity index (χ2n) is 4.73. The van der Waals surface area contributed by atoms with E-state index in [2.05, 4.69) is 18.8 Å². The minimum Gasteiger partial charge on any atom is -0.449 e. The average molecular weight is 193 g/mol. The molecule has 1 aliphatic rings. The second-order valence-corrected chi connectivity index (χ2v) is 4.73. The zero-order valence-electron chi connectivity index (χ0n) is 9.07. The second kappa shape index (κ2) is 4.16. The molecule has 1 aliphatic carbocycles. The molecule has 0 aromatic carbocycles. The van der Waals surface area contributed by atoms with Crippen LogP contribution in [0.1, 0.15) is 51.3 Å². The summed E-state index contributed by atoms with van der Waals surface area (Å²) in [6.07, 6.45) is 8.62. The van der Waals surface area contributed by atoms with Gasteiger partial charge in [0.1, 0.15) is 6.26 Å². The highest BCUT2D eigenvalue weighted by molar-refractivity contribution is 4.94. The Morgan fingerprint density at radius 1 is 1.29 bits per heavy atom. The smallest absolute Gasteiger partial charge is 0.197 e. The highest BCUT2D eigenvalue weighted by Crippen LogP contribution is 2.37. The SMILES string of the molecule is CC(C)C1CCC(c2ncco2)CC1. The molecular formula is C12H19NO. The zero-order chi connectivity index (χ0) is 9.97. The highest BCUT2D eigenvalue weighted by Gasteiger charge is 2.26. The van der Waals surface area contributed by atoms with Gasteiger partial charge in [-0.05, 0) is 37.5 Å². The minimum atomic E-state index is 0.583. The van der Waals surface area contributed by atoms with Gasteiger partial charge < -0.3 is 4.42 Å². The fraction of sp³-hybridized carbons (Fsp3) is 0.750. The first kappa shape index (κ1) is 9.75. The lowest BCUT2D eigenvalue weighted by Gasteiger charge is -2.29. The van der Waals surface area contributed by atoms with E-state index in [1.54, 1.807) is 12.5 Å². The summed E-state index contributed by atoms with van der Waals surface area (Å²) in [6, 6.07) is 0. The summed E-state index contributed by atoms with van der Waals surface area (Å²) in [4.78, 5) is 4.24. The molecule has 1 aromatic rings. The van der Waals surface area contributed by atoms with Crippen molar-refractivity contribution in [3.05, 3.63) is 18.4 Å². The summed E-state index contributed by atoms with van der Waals surface area (Å²) in [5.41, 5.74) is 0. The third kappa shape index (κ3) is 1.99. The summed E-state index contributed by atoms with van der Waals surface area (Å²) >= 11 is 0. The van der Waals surface area contributed by atoms with Crippen molar-refractivity contribution in [2.75, 3.05) is 0 Å². The molecule has 0 spiro atoms. The number of nitrogens with zero attached hydrogens (tertiary/aromatic N) is 1. The number of hydrogen-bond acceptors (Lipinski definition) is 2. The quantitative estimate of drug-likeness (QED) is 0.717. The Morgan fingerprint density at radius 2 is 2.00 bits per heavy atom. The van der Waals surface area contributed by atoms with Gasteiger partial charge in [0.05, 0.1) is 6.20 Å². The molecule has 0 aliphatic heterocycles. The highest BCUT2D eigenvalue weighted by atomic mass is 16.3. The van der Waals surface area contributed by atoms with Crippen molar-refractivity contribution in [2.45, 2.75) is 45.4 Å². The number of oxazole rings is 1. The van der Waals surface area contributed by atoms with E-state index in [1.165, 1.54) is 25.7 Å². The zero-order valence-corrected chi connectivity index (χ0v) is 9.07. The molecule has 1 heterocycles. The molecule has 1 saturated carbocycles. The summed E-state index contributed by atoms with van der Waals surface area (Å²) in [7, 11) is 0. The van der Waals surface area contributed by atoms with Gasteiger partial charge in [-0.25, -0.2) is 4.98 Å². The van der Waals surface area contributed by atoms with Crippen LogP contribution in [0.4, 0.5) is 0 Å². The summed E-state index contributed by atoms with van der Waals surface area (Å²) in [6.45, 7) is 4.66. The lowest BCUT2D eigenvalue weighted by atomic mass is 9.77. The van der Waals surface area contributed by atoms with Crippen LogP contribution in [0.5, 0.6) is 0 Å². The molecule has 1 fully saturated rings. The maximum atomic E-state index is 5.36. The maximum Gasteiger partial charge on any atom is 0.197 e. The molecule has 0 amide bonds. The Morgan fingerprint density at radius 3 is 2.50 bits per heavy atom. The van der Waals surface area contributed by atoms with Crippen molar-refractivity contribution >= 4 is 0 Å². The van der Waals surface area contributed by atoms with Gasteiger partial charge in [0, 0.05) is 5.92 Å². The van der Waals surface area contributed by atoms with Crippen molar-refractivity contribution in [1.82, 2.24) is 4.98 Å². The fourth-order valence-corrected chi connectivity index (χ4v) is 2.47. The number of aromatic nitrogens is 1. The summed E-state index contributed by atoms with van der Waals surface area (Å²) in [5, 5.41) is 0. The Hall–Kier alpha value is -0.790. The van der Waals surface area contributed by atoms with Gasteiger partial charge in [-0.3, -0.25) is 0 Å². The predicted octanol–water partition coefficient (Wildman–Crippen LogP) is 3.60. The van der Waals surface area contributed by atoms with Crippen molar-refractivity contribution in [1.29, 1.82) is 0 Å². The van der Waals surface area contributed by atoms with E-state index in [0.29, 0.717) is 5.92 Å². The van der Waals surface area contributed by atoms with E-state index in [-0.39, 0.29) is 0 Å². The van der Waals surface area contributed by atoms with E-state index in [4.69, 9.17) is 4.42 Å². The lowest BCUT2D eigenvalue weighted by molar-refractivity contribution is 0.241. The molecule has 0 radical (unpaired) electrons. The molecule has 1 aromatic heterocycles. The van der Waals surface area contributed by atoms with E-state index in [9.17, 15) is 0 Å². The van der Waals surface area contributed by atoms with Gasteiger partial charge in [0.2, 0.25) is 0 Å². The van der Waals surface area contributed by atoms with Crippen molar-refractivity contribution in [3.8, 4) is 0 Å². The van der Waals surface area contributed by atoms with Crippen LogP contribution in [0.3, 0.4) is 0 Å². The third-order valence-corrected chi connectivity index (χ3v) is 3.52. The van der Waals surface area contributed by atoms with Crippen LogP contribution in [0, 0.1) is 11.8 Å². The molecular weight excluding hydrogens is 174 g/mol. The van der Waals surface area contributed by atoms with Crippen molar-refractivity contribution < 1.29 is 4.42 Å². The van der Waals surface area contributed by atoms with Gasteiger partial charge in [-0.1, -0.05) is 13.8 Å². The standard InChI is InChI=1S/C12H19NO/c1-9(2)10-3-5-11(6-4-10)12-13-7-8-14-12/h7-11H,3-6H2,1-2H3. The largest absolute Gasteiger partial charge is 0.449 e. The molecule has 0 bridgehead atoms. The third-order valence-electron chi connectivity index (χ3n) is 3.52. The molecule has 2 rings (SSSR count). The van der Waals surface area contributed by atoms with Gasteiger partial charge in [0.15, 0.2) is 5.89 Å². The van der Waals surface area contributed by atoms with Gasteiger partial charge in [0.25, 0.3) is 0 Å². The molecule has 0 saturated heterocycles. The van der Waals surface area contributed by atoms with Crippen LogP contribution in [-0.4, -0.2) is 4.98 Å². The molecule has 2 nitrogen and oxygen atoms in total. The maximum absolute atomic E-state index is 5.36. The Labute approximate surface area is 85.7 Å². The molecule has 0 N–H and O–H groups in total.